The molecule has 2 aromatic heterocycles. The summed E-state index contributed by atoms with van der Waals surface area (Å²) in [7, 11) is 0. The summed E-state index contributed by atoms with van der Waals surface area (Å²) < 4.78 is 0. The molecule has 3 nitrogen and oxygen atoms in total. The van der Waals surface area contributed by atoms with Crippen molar-refractivity contribution in [2.24, 2.45) is 0 Å². The molecule has 2 aromatic rings. The third-order valence-corrected chi connectivity index (χ3v) is 4.30. The SMILES string of the molecule is CCc1cc(C(=O)N(Cc2cccs2)C(C)C)cc(Cl)n1. The maximum atomic E-state index is 12.8. The Balaban J connectivity index is 2.28. The highest BCUT2D eigenvalue weighted by Crippen LogP contribution is 2.19. The van der Waals surface area contributed by atoms with Crippen LogP contribution < -0.4 is 0 Å². The fraction of sp³-hybridized carbons (Fsp3) is 0.375. The van der Waals surface area contributed by atoms with E-state index in [2.05, 4.69) is 4.98 Å². The fourth-order valence-corrected chi connectivity index (χ4v) is 3.01. The number of carbonyl (C=O) groups is 1. The van der Waals surface area contributed by atoms with Gasteiger partial charge in [-0.3, -0.25) is 4.79 Å². The Morgan fingerprint density at radius 2 is 2.19 bits per heavy atom. The van der Waals surface area contributed by atoms with E-state index in [0.29, 0.717) is 17.3 Å². The first-order valence-electron chi connectivity index (χ1n) is 7.01. The van der Waals surface area contributed by atoms with Gasteiger partial charge in [0.25, 0.3) is 5.91 Å². The molecule has 2 heterocycles. The fourth-order valence-electron chi connectivity index (χ4n) is 2.08. The van der Waals surface area contributed by atoms with Crippen molar-refractivity contribution >= 4 is 28.8 Å². The van der Waals surface area contributed by atoms with E-state index in [1.54, 1.807) is 17.4 Å². The molecule has 0 saturated heterocycles. The second-order valence-corrected chi connectivity index (χ2v) is 6.55. The van der Waals surface area contributed by atoms with Crippen LogP contribution in [0.25, 0.3) is 0 Å². The van der Waals surface area contributed by atoms with Crippen LogP contribution in [0.1, 0.15) is 41.7 Å². The molecule has 0 aliphatic rings. The summed E-state index contributed by atoms with van der Waals surface area (Å²) in [6, 6.07) is 7.65. The van der Waals surface area contributed by atoms with Crippen molar-refractivity contribution in [2.45, 2.75) is 39.8 Å². The predicted octanol–water partition coefficient (Wildman–Crippen LogP) is 4.41. The molecule has 0 spiro atoms. The average Bonchev–Trinajstić information content (AvgIpc) is 2.96. The number of aryl methyl sites for hydroxylation is 1. The molecule has 0 N–H and O–H groups in total. The van der Waals surface area contributed by atoms with Gasteiger partial charge < -0.3 is 4.90 Å². The Hall–Kier alpha value is -1.39. The maximum Gasteiger partial charge on any atom is 0.254 e. The molecular weight excluding hydrogens is 304 g/mol. The lowest BCUT2D eigenvalue weighted by molar-refractivity contribution is 0.0692. The first-order valence-corrected chi connectivity index (χ1v) is 8.26. The van der Waals surface area contributed by atoms with Gasteiger partial charge in [-0.25, -0.2) is 4.98 Å². The van der Waals surface area contributed by atoms with Gasteiger partial charge in [0.15, 0.2) is 0 Å². The summed E-state index contributed by atoms with van der Waals surface area (Å²) in [6.45, 7) is 6.67. The zero-order valence-corrected chi connectivity index (χ0v) is 14.0. The molecule has 0 aliphatic carbocycles. The lowest BCUT2D eigenvalue weighted by Gasteiger charge is -2.26. The van der Waals surface area contributed by atoms with E-state index in [-0.39, 0.29) is 11.9 Å². The molecule has 5 heteroatoms. The summed E-state index contributed by atoms with van der Waals surface area (Å²) in [5.41, 5.74) is 1.45. The monoisotopic (exact) mass is 322 g/mol. The van der Waals surface area contributed by atoms with Crippen molar-refractivity contribution < 1.29 is 4.79 Å². The van der Waals surface area contributed by atoms with Crippen molar-refractivity contribution in [1.82, 2.24) is 9.88 Å². The predicted molar refractivity (Wildman–Crippen MR) is 88.0 cm³/mol. The van der Waals surface area contributed by atoms with Gasteiger partial charge in [0, 0.05) is 22.2 Å². The highest BCUT2D eigenvalue weighted by atomic mass is 35.5. The Morgan fingerprint density at radius 3 is 2.76 bits per heavy atom. The number of hydrogen-bond donors (Lipinski definition) is 0. The van der Waals surface area contributed by atoms with Crippen LogP contribution in [0, 0.1) is 0 Å². The number of halogens is 1. The van der Waals surface area contributed by atoms with Gasteiger partial charge in [-0.05, 0) is 43.8 Å². The van der Waals surface area contributed by atoms with Gasteiger partial charge in [-0.2, -0.15) is 0 Å². The summed E-state index contributed by atoms with van der Waals surface area (Å²) in [6.07, 6.45) is 0.757. The minimum Gasteiger partial charge on any atom is -0.331 e. The van der Waals surface area contributed by atoms with E-state index in [9.17, 15) is 4.79 Å². The van der Waals surface area contributed by atoms with Crippen LogP contribution >= 0.6 is 22.9 Å². The molecule has 0 radical (unpaired) electrons. The molecule has 1 amide bonds. The second-order valence-electron chi connectivity index (χ2n) is 5.13. The average molecular weight is 323 g/mol. The Labute approximate surface area is 134 Å². The largest absolute Gasteiger partial charge is 0.331 e. The van der Waals surface area contributed by atoms with E-state index in [0.717, 1.165) is 12.1 Å². The van der Waals surface area contributed by atoms with Crippen LogP contribution in [0.4, 0.5) is 0 Å². The van der Waals surface area contributed by atoms with Gasteiger partial charge >= 0.3 is 0 Å². The number of hydrogen-bond acceptors (Lipinski definition) is 3. The third-order valence-electron chi connectivity index (χ3n) is 3.25. The number of amides is 1. The Morgan fingerprint density at radius 1 is 1.43 bits per heavy atom. The number of thiophene rings is 1. The van der Waals surface area contributed by atoms with Crippen molar-refractivity contribution in [3.05, 3.63) is 50.9 Å². The van der Waals surface area contributed by atoms with Crippen molar-refractivity contribution in [3.8, 4) is 0 Å². The highest BCUT2D eigenvalue weighted by Gasteiger charge is 2.20. The van der Waals surface area contributed by atoms with Gasteiger partial charge in [0.05, 0.1) is 6.54 Å². The Kier molecular flexibility index (Phi) is 5.37. The van der Waals surface area contributed by atoms with Crippen LogP contribution in [0.5, 0.6) is 0 Å². The Bertz CT molecular complexity index is 611. The van der Waals surface area contributed by atoms with E-state index < -0.39 is 0 Å². The molecular formula is C16H19ClN2OS. The molecule has 0 atom stereocenters. The third kappa shape index (κ3) is 4.05. The number of carbonyl (C=O) groups excluding carboxylic acids is 1. The molecule has 0 aromatic carbocycles. The molecule has 0 unspecified atom stereocenters. The van der Waals surface area contributed by atoms with E-state index in [1.807, 2.05) is 49.3 Å². The number of aromatic nitrogens is 1. The van der Waals surface area contributed by atoms with Crippen molar-refractivity contribution in [2.75, 3.05) is 0 Å². The number of nitrogens with zero attached hydrogens (tertiary/aromatic N) is 2. The van der Waals surface area contributed by atoms with Crippen LogP contribution in [-0.4, -0.2) is 21.8 Å². The van der Waals surface area contributed by atoms with Gasteiger partial charge in [-0.15, -0.1) is 11.3 Å². The van der Waals surface area contributed by atoms with E-state index in [4.69, 9.17) is 11.6 Å². The summed E-state index contributed by atoms with van der Waals surface area (Å²) in [5, 5.41) is 2.40. The molecule has 21 heavy (non-hydrogen) atoms. The van der Waals surface area contributed by atoms with Crippen LogP contribution in [0.3, 0.4) is 0 Å². The molecule has 2 rings (SSSR count). The lowest BCUT2D eigenvalue weighted by Crippen LogP contribution is -2.36. The van der Waals surface area contributed by atoms with Crippen LogP contribution in [0.15, 0.2) is 29.6 Å². The molecule has 112 valence electrons. The van der Waals surface area contributed by atoms with Crippen molar-refractivity contribution in [3.63, 3.8) is 0 Å². The van der Waals surface area contributed by atoms with Crippen molar-refractivity contribution in [1.29, 1.82) is 0 Å². The summed E-state index contributed by atoms with van der Waals surface area (Å²) >= 11 is 7.68. The topological polar surface area (TPSA) is 33.2 Å². The lowest BCUT2D eigenvalue weighted by atomic mass is 10.1. The first kappa shape index (κ1) is 16.0. The summed E-state index contributed by atoms with van der Waals surface area (Å²) in [5.74, 6) is -0.00241. The zero-order valence-electron chi connectivity index (χ0n) is 12.5. The zero-order chi connectivity index (χ0) is 15.4. The van der Waals surface area contributed by atoms with Gasteiger partial charge in [-0.1, -0.05) is 24.6 Å². The minimum absolute atomic E-state index is 0.00241. The normalized spacial score (nSPS) is 10.9. The number of rotatable bonds is 5. The van der Waals surface area contributed by atoms with E-state index >= 15 is 0 Å². The molecule has 0 bridgehead atoms. The summed E-state index contributed by atoms with van der Waals surface area (Å²) in [4.78, 5) is 20.0. The van der Waals surface area contributed by atoms with Gasteiger partial charge in [0.1, 0.15) is 5.15 Å². The minimum atomic E-state index is -0.00241. The molecule has 0 aliphatic heterocycles. The van der Waals surface area contributed by atoms with Crippen LogP contribution in [0.2, 0.25) is 5.15 Å². The quantitative estimate of drug-likeness (QED) is 0.764. The molecule has 0 fully saturated rings. The first-order chi connectivity index (χ1) is 10.0. The van der Waals surface area contributed by atoms with Gasteiger partial charge in [0.2, 0.25) is 0 Å². The highest BCUT2D eigenvalue weighted by molar-refractivity contribution is 7.09. The van der Waals surface area contributed by atoms with Crippen LogP contribution in [-0.2, 0) is 13.0 Å². The smallest absolute Gasteiger partial charge is 0.254 e. The maximum absolute atomic E-state index is 12.8. The standard InChI is InChI=1S/C16H19ClN2OS/c1-4-13-8-12(9-15(17)18-13)16(20)19(11(2)3)10-14-6-5-7-21-14/h5-9,11H,4,10H2,1-3H3. The number of pyridine rings is 1. The van der Waals surface area contributed by atoms with E-state index in [1.165, 1.54) is 4.88 Å². The molecule has 0 saturated carbocycles. The second kappa shape index (κ2) is 7.05.